The molecule has 1 amide bonds. The summed E-state index contributed by atoms with van der Waals surface area (Å²) in [7, 11) is 0. The molecule has 0 unspecified atom stereocenters. The maximum atomic E-state index is 13.0. The molecule has 1 aromatic carbocycles. The normalized spacial score (nSPS) is 13.1. The summed E-state index contributed by atoms with van der Waals surface area (Å²) in [5.74, 6) is -0.848. The molecule has 0 spiro atoms. The molecular weight excluding hydrogens is 379 g/mol. The van der Waals surface area contributed by atoms with E-state index in [2.05, 4.69) is 10.1 Å². The third-order valence-electron chi connectivity index (χ3n) is 3.84. The van der Waals surface area contributed by atoms with E-state index in [0.29, 0.717) is 15.6 Å². The summed E-state index contributed by atoms with van der Waals surface area (Å²) in [6, 6.07) is 3.17. The van der Waals surface area contributed by atoms with Gasteiger partial charge in [0.25, 0.3) is 0 Å². The number of carbonyl (C=O) groups excluding carboxylic acids is 2. The van der Waals surface area contributed by atoms with Gasteiger partial charge in [-0.2, -0.15) is 5.10 Å². The summed E-state index contributed by atoms with van der Waals surface area (Å²) in [5.41, 5.74) is 0.488. The molecule has 1 heterocycles. The number of esters is 1. The van der Waals surface area contributed by atoms with Crippen LogP contribution in [0.1, 0.15) is 38.4 Å². The first-order chi connectivity index (χ1) is 12.4. The summed E-state index contributed by atoms with van der Waals surface area (Å²) < 4.78 is 6.62. The first kappa shape index (κ1) is 20.2. The number of likely N-dealkylation sites (N-methyl/N-ethyl adjacent to an activating group) is 1. The Morgan fingerprint density at radius 1 is 1.23 bits per heavy atom. The maximum absolute atomic E-state index is 13.0. The van der Waals surface area contributed by atoms with Crippen molar-refractivity contribution in [3.63, 3.8) is 0 Å². The van der Waals surface area contributed by atoms with E-state index in [1.165, 1.54) is 22.2 Å². The van der Waals surface area contributed by atoms with E-state index in [1.54, 1.807) is 39.0 Å². The van der Waals surface area contributed by atoms with Crippen LogP contribution in [0.2, 0.25) is 10.0 Å². The lowest BCUT2D eigenvalue weighted by Crippen LogP contribution is -2.43. The predicted molar refractivity (Wildman–Crippen MR) is 98.0 cm³/mol. The fourth-order valence-electron chi connectivity index (χ4n) is 2.63. The second-order valence-electron chi connectivity index (χ2n) is 5.53. The first-order valence-corrected chi connectivity index (χ1v) is 8.91. The van der Waals surface area contributed by atoms with E-state index < -0.39 is 18.1 Å². The highest BCUT2D eigenvalue weighted by molar-refractivity contribution is 6.34. The van der Waals surface area contributed by atoms with Gasteiger partial charge < -0.3 is 9.64 Å². The molecule has 26 heavy (non-hydrogen) atoms. The van der Waals surface area contributed by atoms with Gasteiger partial charge in [0.1, 0.15) is 18.7 Å². The highest BCUT2D eigenvalue weighted by Gasteiger charge is 2.34. The van der Waals surface area contributed by atoms with Gasteiger partial charge in [-0.3, -0.25) is 4.79 Å². The Kier molecular flexibility index (Phi) is 6.99. The molecule has 2 aromatic rings. The monoisotopic (exact) mass is 398 g/mol. The van der Waals surface area contributed by atoms with Crippen molar-refractivity contribution in [3.8, 4) is 0 Å². The number of nitrogens with zero attached hydrogens (tertiary/aromatic N) is 4. The Hall–Kier alpha value is -2.12. The third-order valence-corrected chi connectivity index (χ3v) is 4.27. The van der Waals surface area contributed by atoms with Gasteiger partial charge in [-0.15, -0.1) is 0 Å². The minimum atomic E-state index is -0.963. The van der Waals surface area contributed by atoms with Crippen LogP contribution < -0.4 is 0 Å². The Labute approximate surface area is 161 Å². The Morgan fingerprint density at radius 3 is 2.38 bits per heavy atom. The molecule has 0 radical (unpaired) electrons. The lowest BCUT2D eigenvalue weighted by Gasteiger charge is -2.31. The number of aromatic nitrogens is 3. The fraction of sp³-hybridized carbons (Fsp3) is 0.412. The topological polar surface area (TPSA) is 77.3 Å². The zero-order valence-electron chi connectivity index (χ0n) is 14.7. The number of halogens is 2. The second-order valence-corrected chi connectivity index (χ2v) is 6.41. The molecule has 0 aliphatic heterocycles. The summed E-state index contributed by atoms with van der Waals surface area (Å²) in [4.78, 5) is 31.0. The van der Waals surface area contributed by atoms with E-state index >= 15 is 0 Å². The van der Waals surface area contributed by atoms with Gasteiger partial charge in [0.05, 0.1) is 6.61 Å². The zero-order chi connectivity index (χ0) is 19.3. The van der Waals surface area contributed by atoms with Crippen LogP contribution in [0.5, 0.6) is 0 Å². The molecular formula is C17H20Cl2N4O3. The highest BCUT2D eigenvalue weighted by atomic mass is 35.5. The van der Waals surface area contributed by atoms with Crippen LogP contribution in [0.25, 0.3) is 0 Å². The van der Waals surface area contributed by atoms with E-state index in [9.17, 15) is 9.59 Å². The number of rotatable bonds is 7. The summed E-state index contributed by atoms with van der Waals surface area (Å²) in [6.45, 7) is 5.65. The van der Waals surface area contributed by atoms with Crippen LogP contribution >= 0.6 is 23.2 Å². The molecule has 0 aliphatic carbocycles. The zero-order valence-corrected chi connectivity index (χ0v) is 16.2. The van der Waals surface area contributed by atoms with Crippen molar-refractivity contribution < 1.29 is 14.3 Å². The first-order valence-electron chi connectivity index (χ1n) is 8.16. The van der Waals surface area contributed by atoms with Crippen LogP contribution in [0.4, 0.5) is 0 Å². The molecule has 0 bridgehead atoms. The molecule has 7 nitrogen and oxygen atoms in total. The Balaban J connectivity index is 2.44. The lowest BCUT2D eigenvalue weighted by molar-refractivity contribution is -0.156. The molecule has 1 aromatic heterocycles. The van der Waals surface area contributed by atoms with Crippen molar-refractivity contribution in [2.45, 2.75) is 32.9 Å². The molecule has 2 atom stereocenters. The van der Waals surface area contributed by atoms with Crippen LogP contribution in [0.15, 0.2) is 30.9 Å². The number of hydrogen-bond acceptors (Lipinski definition) is 5. The molecule has 0 fully saturated rings. The van der Waals surface area contributed by atoms with Crippen LogP contribution in [-0.4, -0.2) is 44.7 Å². The van der Waals surface area contributed by atoms with Crippen molar-refractivity contribution in [1.82, 2.24) is 19.7 Å². The minimum absolute atomic E-state index is 0.188. The fourth-order valence-corrected chi connectivity index (χ4v) is 3.18. The lowest BCUT2D eigenvalue weighted by atomic mass is 10.0. The molecule has 0 saturated carbocycles. The maximum Gasteiger partial charge on any atom is 0.333 e. The van der Waals surface area contributed by atoms with Crippen molar-refractivity contribution in [3.05, 3.63) is 46.5 Å². The second kappa shape index (κ2) is 9.00. The third kappa shape index (κ3) is 4.53. The molecule has 9 heteroatoms. The largest absolute Gasteiger partial charge is 0.464 e. The predicted octanol–water partition coefficient (Wildman–Crippen LogP) is 3.30. The SMILES string of the molecule is CCOC(=O)[C@@H](c1cc(Cl)cc(Cl)c1)N(CC)C(=O)[C@@H](C)n1cncn1. The number of benzene rings is 1. The van der Waals surface area contributed by atoms with E-state index in [0.717, 1.165) is 0 Å². The Bertz CT molecular complexity index is 747. The number of ether oxygens (including phenoxy) is 1. The number of hydrogen-bond donors (Lipinski definition) is 0. The van der Waals surface area contributed by atoms with Gasteiger partial charge in [-0.1, -0.05) is 23.2 Å². The van der Waals surface area contributed by atoms with E-state index in [-0.39, 0.29) is 19.1 Å². The summed E-state index contributed by atoms with van der Waals surface area (Å²) in [5, 5.41) is 4.74. The summed E-state index contributed by atoms with van der Waals surface area (Å²) in [6.07, 6.45) is 2.80. The van der Waals surface area contributed by atoms with Gasteiger partial charge in [-0.05, 0) is 44.5 Å². The van der Waals surface area contributed by atoms with Gasteiger partial charge in [0, 0.05) is 16.6 Å². The van der Waals surface area contributed by atoms with Crippen molar-refractivity contribution in [2.24, 2.45) is 0 Å². The number of carbonyl (C=O) groups is 2. The van der Waals surface area contributed by atoms with Crippen molar-refractivity contribution in [2.75, 3.05) is 13.2 Å². The average molecular weight is 399 g/mol. The van der Waals surface area contributed by atoms with Gasteiger partial charge >= 0.3 is 5.97 Å². The standard InChI is InChI=1S/C17H20Cl2N4O3/c1-4-22(16(24)11(3)23-10-20-9-21-23)15(17(25)26-5-2)12-6-13(18)8-14(19)7-12/h6-11,15H,4-5H2,1-3H3/t11-,15-/m1/s1. The smallest absolute Gasteiger partial charge is 0.333 e. The van der Waals surface area contributed by atoms with E-state index in [4.69, 9.17) is 27.9 Å². The molecule has 0 N–H and O–H groups in total. The quantitative estimate of drug-likeness (QED) is 0.668. The van der Waals surface area contributed by atoms with Crippen LogP contribution in [0, 0.1) is 0 Å². The van der Waals surface area contributed by atoms with Crippen LogP contribution in [0.3, 0.4) is 0 Å². The molecule has 140 valence electrons. The van der Waals surface area contributed by atoms with Crippen molar-refractivity contribution >= 4 is 35.1 Å². The van der Waals surface area contributed by atoms with Crippen LogP contribution in [-0.2, 0) is 14.3 Å². The summed E-state index contributed by atoms with van der Waals surface area (Å²) >= 11 is 12.2. The minimum Gasteiger partial charge on any atom is -0.464 e. The molecule has 2 rings (SSSR count). The highest BCUT2D eigenvalue weighted by Crippen LogP contribution is 2.30. The Morgan fingerprint density at radius 2 is 1.88 bits per heavy atom. The van der Waals surface area contributed by atoms with Gasteiger partial charge in [-0.25, -0.2) is 14.5 Å². The average Bonchev–Trinajstić information content (AvgIpc) is 3.12. The molecule has 0 aliphatic rings. The number of amides is 1. The van der Waals surface area contributed by atoms with Gasteiger partial charge in [0.15, 0.2) is 6.04 Å². The van der Waals surface area contributed by atoms with Crippen molar-refractivity contribution in [1.29, 1.82) is 0 Å². The van der Waals surface area contributed by atoms with E-state index in [1.807, 2.05) is 0 Å². The van der Waals surface area contributed by atoms with Gasteiger partial charge in [0.2, 0.25) is 5.91 Å². The molecule has 0 saturated heterocycles.